The quantitative estimate of drug-likeness (QED) is 0.880. The summed E-state index contributed by atoms with van der Waals surface area (Å²) < 4.78 is 5.99. The van der Waals surface area contributed by atoms with Gasteiger partial charge in [0, 0.05) is 19.3 Å². The number of carbonyl (C=O) groups is 1. The summed E-state index contributed by atoms with van der Waals surface area (Å²) in [5, 5.41) is 3.35. The van der Waals surface area contributed by atoms with Crippen molar-refractivity contribution in [1.29, 1.82) is 0 Å². The molecule has 0 spiro atoms. The highest BCUT2D eigenvalue weighted by Gasteiger charge is 2.36. The molecule has 0 unspecified atom stereocenters. The summed E-state index contributed by atoms with van der Waals surface area (Å²) >= 11 is 0. The highest BCUT2D eigenvalue weighted by molar-refractivity contribution is 5.89. The third-order valence-corrected chi connectivity index (χ3v) is 4.20. The Morgan fingerprint density at radius 3 is 2.18 bits per heavy atom. The fraction of sp³-hybridized carbons (Fsp3) is 0.316. The fourth-order valence-electron chi connectivity index (χ4n) is 2.99. The minimum Gasteiger partial charge on any atom is -0.455 e. The summed E-state index contributed by atoms with van der Waals surface area (Å²) in [5.41, 5.74) is 1.43. The smallest absolute Gasteiger partial charge is 0.338 e. The first-order valence-electron chi connectivity index (χ1n) is 7.81. The van der Waals surface area contributed by atoms with Gasteiger partial charge in [-0.1, -0.05) is 48.5 Å². The molecule has 2 aromatic carbocycles. The zero-order chi connectivity index (χ0) is 15.3. The van der Waals surface area contributed by atoms with Crippen molar-refractivity contribution in [3.8, 4) is 0 Å². The first-order chi connectivity index (χ1) is 10.8. The minimum atomic E-state index is -0.403. The molecule has 1 N–H and O–H groups in total. The number of nitrogens with one attached hydrogen (secondary N) is 1. The van der Waals surface area contributed by atoms with Crippen LogP contribution in [-0.4, -0.2) is 24.7 Å². The molecule has 0 aliphatic carbocycles. The average molecular weight is 295 g/mol. The van der Waals surface area contributed by atoms with E-state index in [1.165, 1.54) is 5.56 Å². The van der Waals surface area contributed by atoms with Crippen molar-refractivity contribution in [2.75, 3.05) is 13.1 Å². The first-order valence-corrected chi connectivity index (χ1v) is 7.81. The number of piperidine rings is 1. The summed E-state index contributed by atoms with van der Waals surface area (Å²) in [7, 11) is 0. The lowest BCUT2D eigenvalue weighted by molar-refractivity contribution is -0.0337. The molecule has 0 saturated carbocycles. The van der Waals surface area contributed by atoms with Gasteiger partial charge in [-0.25, -0.2) is 4.79 Å². The summed E-state index contributed by atoms with van der Waals surface area (Å²) in [4.78, 5) is 12.5. The molecule has 1 fully saturated rings. The van der Waals surface area contributed by atoms with Gasteiger partial charge in [0.15, 0.2) is 0 Å². The fourth-order valence-corrected chi connectivity index (χ4v) is 2.99. The van der Waals surface area contributed by atoms with E-state index in [4.69, 9.17) is 4.74 Å². The van der Waals surface area contributed by atoms with Crippen molar-refractivity contribution in [2.24, 2.45) is 0 Å². The Bertz CT molecular complexity index is 604. The van der Waals surface area contributed by atoms with E-state index in [0.29, 0.717) is 5.56 Å². The van der Waals surface area contributed by atoms with Crippen LogP contribution in [0, 0.1) is 0 Å². The number of carbonyl (C=O) groups excluding carboxylic acids is 1. The number of hydrogen-bond donors (Lipinski definition) is 1. The van der Waals surface area contributed by atoms with Crippen LogP contribution in [0.1, 0.15) is 28.8 Å². The Morgan fingerprint density at radius 1 is 0.955 bits per heavy atom. The van der Waals surface area contributed by atoms with Crippen LogP contribution in [0.15, 0.2) is 60.7 Å². The molecule has 3 nitrogen and oxygen atoms in total. The number of esters is 1. The maximum absolute atomic E-state index is 12.5. The molecular formula is C19H21NO2. The van der Waals surface area contributed by atoms with E-state index in [0.717, 1.165) is 32.4 Å². The lowest BCUT2D eigenvalue weighted by Crippen LogP contribution is -2.46. The van der Waals surface area contributed by atoms with Crippen LogP contribution in [0.4, 0.5) is 0 Å². The molecule has 0 aromatic heterocycles. The molecule has 1 heterocycles. The molecule has 3 rings (SSSR count). The van der Waals surface area contributed by atoms with E-state index in [2.05, 4.69) is 17.4 Å². The molecule has 0 amide bonds. The van der Waals surface area contributed by atoms with Gasteiger partial charge in [-0.2, -0.15) is 0 Å². The topological polar surface area (TPSA) is 38.3 Å². The Kier molecular flexibility index (Phi) is 4.54. The van der Waals surface area contributed by atoms with E-state index in [-0.39, 0.29) is 5.97 Å². The summed E-state index contributed by atoms with van der Waals surface area (Å²) in [6.45, 7) is 1.77. The van der Waals surface area contributed by atoms with Crippen molar-refractivity contribution < 1.29 is 9.53 Å². The van der Waals surface area contributed by atoms with Gasteiger partial charge in [0.25, 0.3) is 0 Å². The number of benzene rings is 2. The van der Waals surface area contributed by atoms with Gasteiger partial charge in [-0.3, -0.25) is 0 Å². The van der Waals surface area contributed by atoms with E-state index in [1.807, 2.05) is 36.4 Å². The third kappa shape index (κ3) is 3.55. The monoisotopic (exact) mass is 295 g/mol. The first kappa shape index (κ1) is 14.8. The number of hydrogen-bond acceptors (Lipinski definition) is 3. The van der Waals surface area contributed by atoms with E-state index in [9.17, 15) is 4.79 Å². The van der Waals surface area contributed by atoms with Gasteiger partial charge in [0.1, 0.15) is 5.60 Å². The number of rotatable bonds is 4. The van der Waals surface area contributed by atoms with Crippen LogP contribution in [0.5, 0.6) is 0 Å². The van der Waals surface area contributed by atoms with Crippen LogP contribution in [0.3, 0.4) is 0 Å². The molecule has 0 atom stereocenters. The van der Waals surface area contributed by atoms with E-state index in [1.54, 1.807) is 12.1 Å². The average Bonchev–Trinajstić information content (AvgIpc) is 2.57. The van der Waals surface area contributed by atoms with Crippen LogP contribution < -0.4 is 5.32 Å². The normalized spacial score (nSPS) is 16.9. The van der Waals surface area contributed by atoms with Gasteiger partial charge < -0.3 is 10.1 Å². The van der Waals surface area contributed by atoms with Crippen molar-refractivity contribution in [3.63, 3.8) is 0 Å². The van der Waals surface area contributed by atoms with Gasteiger partial charge in [-0.15, -0.1) is 0 Å². The molecule has 1 aliphatic heterocycles. The van der Waals surface area contributed by atoms with Crippen LogP contribution in [0.25, 0.3) is 0 Å². The Balaban J connectivity index is 1.79. The molecule has 1 saturated heterocycles. The van der Waals surface area contributed by atoms with Crippen molar-refractivity contribution in [1.82, 2.24) is 5.32 Å². The Hall–Kier alpha value is -2.13. The highest BCUT2D eigenvalue weighted by Crippen LogP contribution is 2.29. The third-order valence-electron chi connectivity index (χ3n) is 4.20. The molecule has 3 heteroatoms. The van der Waals surface area contributed by atoms with Crippen molar-refractivity contribution >= 4 is 5.97 Å². The van der Waals surface area contributed by atoms with E-state index < -0.39 is 5.60 Å². The Labute approximate surface area is 131 Å². The summed E-state index contributed by atoms with van der Waals surface area (Å²) in [6, 6.07) is 19.5. The molecular weight excluding hydrogens is 274 g/mol. The van der Waals surface area contributed by atoms with Gasteiger partial charge in [-0.05, 0) is 30.8 Å². The second kappa shape index (κ2) is 6.75. The maximum Gasteiger partial charge on any atom is 0.338 e. The SMILES string of the molecule is O=C(OC1(Cc2ccccc2)CCNCC1)c1ccccc1. The van der Waals surface area contributed by atoms with Crippen LogP contribution in [0.2, 0.25) is 0 Å². The largest absolute Gasteiger partial charge is 0.455 e. The molecule has 2 aromatic rings. The van der Waals surface area contributed by atoms with Crippen molar-refractivity contribution in [3.05, 3.63) is 71.8 Å². The second-order valence-corrected chi connectivity index (χ2v) is 5.85. The molecule has 1 aliphatic rings. The molecule has 114 valence electrons. The summed E-state index contributed by atoms with van der Waals surface area (Å²) in [6.07, 6.45) is 2.47. The van der Waals surface area contributed by atoms with Crippen LogP contribution in [-0.2, 0) is 11.2 Å². The lowest BCUT2D eigenvalue weighted by Gasteiger charge is -2.37. The van der Waals surface area contributed by atoms with Crippen molar-refractivity contribution in [2.45, 2.75) is 24.9 Å². The summed E-state index contributed by atoms with van der Waals surface area (Å²) in [5.74, 6) is -0.224. The molecule has 22 heavy (non-hydrogen) atoms. The zero-order valence-electron chi connectivity index (χ0n) is 12.6. The Morgan fingerprint density at radius 2 is 1.55 bits per heavy atom. The number of ether oxygens (including phenoxy) is 1. The maximum atomic E-state index is 12.5. The predicted octanol–water partition coefficient (Wildman–Crippen LogP) is 3.21. The van der Waals surface area contributed by atoms with Gasteiger partial charge in [0.2, 0.25) is 0 Å². The van der Waals surface area contributed by atoms with Gasteiger partial charge in [0.05, 0.1) is 5.56 Å². The standard InChI is InChI=1S/C19H21NO2/c21-18(17-9-5-2-6-10-17)22-19(11-13-20-14-12-19)15-16-7-3-1-4-8-16/h1-10,20H,11-15H2. The minimum absolute atomic E-state index is 0.224. The van der Waals surface area contributed by atoms with Crippen LogP contribution >= 0.6 is 0 Å². The molecule has 0 radical (unpaired) electrons. The predicted molar refractivity (Wildman–Crippen MR) is 86.8 cm³/mol. The lowest BCUT2D eigenvalue weighted by atomic mass is 9.85. The second-order valence-electron chi connectivity index (χ2n) is 5.85. The van der Waals surface area contributed by atoms with Gasteiger partial charge >= 0.3 is 5.97 Å². The zero-order valence-corrected chi connectivity index (χ0v) is 12.6. The van der Waals surface area contributed by atoms with E-state index >= 15 is 0 Å². The molecule has 0 bridgehead atoms. The highest BCUT2D eigenvalue weighted by atomic mass is 16.6.